The van der Waals surface area contributed by atoms with Gasteiger partial charge in [0.1, 0.15) is 5.82 Å². The lowest BCUT2D eigenvalue weighted by Crippen LogP contribution is -2.39. The van der Waals surface area contributed by atoms with Crippen molar-refractivity contribution < 1.29 is 32.2 Å². The second-order valence-corrected chi connectivity index (χ2v) is 4.32. The van der Waals surface area contributed by atoms with Crippen LogP contribution in [-0.2, 0) is 10.9 Å². The Morgan fingerprint density at radius 1 is 1.36 bits per heavy atom. The van der Waals surface area contributed by atoms with E-state index in [1.54, 1.807) is 0 Å². The lowest BCUT2D eigenvalue weighted by molar-refractivity contribution is -0.137. The Hall–Kier alpha value is -1.87. The number of nitrogens with one attached hydrogen (secondary N) is 1. The molecule has 0 radical (unpaired) electrons. The predicted molar refractivity (Wildman–Crippen MR) is 71.0 cm³/mol. The Labute approximate surface area is 124 Å². The van der Waals surface area contributed by atoms with Crippen molar-refractivity contribution in [1.29, 1.82) is 0 Å². The average molecular weight is 324 g/mol. The summed E-state index contributed by atoms with van der Waals surface area (Å²) < 4.78 is 56.3. The van der Waals surface area contributed by atoms with Crippen LogP contribution in [0.25, 0.3) is 0 Å². The maximum absolute atomic E-state index is 13.0. The van der Waals surface area contributed by atoms with Crippen LogP contribution < -0.4 is 5.32 Å². The Kier molecular flexibility index (Phi) is 6.57. The molecule has 9 heteroatoms. The number of rotatable bonds is 6. The van der Waals surface area contributed by atoms with Gasteiger partial charge in [-0.15, -0.1) is 0 Å². The van der Waals surface area contributed by atoms with Crippen LogP contribution >= 0.6 is 0 Å². The summed E-state index contributed by atoms with van der Waals surface area (Å²) >= 11 is 0. The highest BCUT2D eigenvalue weighted by Gasteiger charge is 2.34. The molecule has 0 spiro atoms. The predicted octanol–water partition coefficient (Wildman–Crippen LogP) is 2.32. The van der Waals surface area contributed by atoms with Gasteiger partial charge in [0.2, 0.25) is 0 Å². The van der Waals surface area contributed by atoms with Crippen molar-refractivity contribution in [3.63, 3.8) is 0 Å². The molecule has 0 aromatic heterocycles. The summed E-state index contributed by atoms with van der Waals surface area (Å²) in [6.07, 6.45) is -4.81. The molecule has 0 aliphatic carbocycles. The maximum atomic E-state index is 13.0. The summed E-state index contributed by atoms with van der Waals surface area (Å²) in [5.41, 5.74) is -1.84. The van der Waals surface area contributed by atoms with Crippen LogP contribution in [0.4, 0.5) is 28.0 Å². The molecule has 5 nitrogen and oxygen atoms in total. The number of amides is 2. The molecule has 2 N–H and O–H groups in total. The normalized spacial score (nSPS) is 11.4. The van der Waals surface area contributed by atoms with Crippen LogP contribution in [0, 0.1) is 5.82 Å². The lowest BCUT2D eigenvalue weighted by Gasteiger charge is -2.23. The third-order valence-electron chi connectivity index (χ3n) is 2.75. The molecular weight excluding hydrogens is 308 g/mol. The van der Waals surface area contributed by atoms with Crippen molar-refractivity contribution in [3.05, 3.63) is 29.6 Å². The number of anilines is 1. The molecule has 1 aromatic rings. The number of nitrogens with zero attached hydrogens (tertiary/aromatic N) is 1. The summed E-state index contributed by atoms with van der Waals surface area (Å²) in [6.45, 7) is -0.182. The van der Waals surface area contributed by atoms with Crippen LogP contribution in [0.5, 0.6) is 0 Å². The number of hydrogen-bond acceptors (Lipinski definition) is 3. The molecule has 2 amide bonds. The smallest absolute Gasteiger partial charge is 0.395 e. The topological polar surface area (TPSA) is 61.8 Å². The van der Waals surface area contributed by atoms with E-state index in [-0.39, 0.29) is 26.3 Å². The lowest BCUT2D eigenvalue weighted by atomic mass is 10.1. The first-order chi connectivity index (χ1) is 10.3. The van der Waals surface area contributed by atoms with Crippen LogP contribution in [0.1, 0.15) is 5.56 Å². The summed E-state index contributed by atoms with van der Waals surface area (Å²) in [5, 5.41) is 11.0. The molecule has 0 aliphatic heterocycles. The van der Waals surface area contributed by atoms with Crippen molar-refractivity contribution in [2.45, 2.75) is 6.18 Å². The minimum absolute atomic E-state index is 0.0717. The van der Waals surface area contributed by atoms with Crippen LogP contribution in [0.3, 0.4) is 0 Å². The molecule has 0 aliphatic rings. The zero-order chi connectivity index (χ0) is 16.8. The summed E-state index contributed by atoms with van der Waals surface area (Å²) in [7, 11) is 1.40. The van der Waals surface area contributed by atoms with E-state index in [1.165, 1.54) is 7.11 Å². The minimum Gasteiger partial charge on any atom is -0.395 e. The van der Waals surface area contributed by atoms with Crippen molar-refractivity contribution in [2.24, 2.45) is 0 Å². The van der Waals surface area contributed by atoms with Gasteiger partial charge in [0.25, 0.3) is 0 Å². The minimum atomic E-state index is -4.81. The van der Waals surface area contributed by atoms with Crippen molar-refractivity contribution in [2.75, 3.05) is 38.7 Å². The van der Waals surface area contributed by atoms with Gasteiger partial charge in [-0.2, -0.15) is 13.2 Å². The first kappa shape index (κ1) is 18.2. The molecule has 0 saturated carbocycles. The van der Waals surface area contributed by atoms with Gasteiger partial charge in [0.15, 0.2) is 0 Å². The average Bonchev–Trinajstić information content (AvgIpc) is 2.44. The molecule has 0 atom stereocenters. The second kappa shape index (κ2) is 7.95. The highest BCUT2D eigenvalue weighted by atomic mass is 19.4. The number of carbonyl (C=O) groups excluding carboxylic acids is 1. The number of aliphatic hydroxyl groups is 1. The van der Waals surface area contributed by atoms with E-state index < -0.39 is 29.3 Å². The molecule has 22 heavy (non-hydrogen) atoms. The third-order valence-corrected chi connectivity index (χ3v) is 2.75. The van der Waals surface area contributed by atoms with Gasteiger partial charge < -0.3 is 20.1 Å². The third kappa shape index (κ3) is 5.15. The van der Waals surface area contributed by atoms with Crippen LogP contribution in [-0.4, -0.2) is 49.5 Å². The SMILES string of the molecule is COCCN(CCO)C(=O)Nc1ccc(F)cc1C(F)(F)F. The van der Waals surface area contributed by atoms with Gasteiger partial charge in [0.05, 0.1) is 24.5 Å². The van der Waals surface area contributed by atoms with Crippen LogP contribution in [0.15, 0.2) is 18.2 Å². The highest BCUT2D eigenvalue weighted by Crippen LogP contribution is 2.35. The van der Waals surface area contributed by atoms with E-state index in [0.29, 0.717) is 6.07 Å². The van der Waals surface area contributed by atoms with Gasteiger partial charge >= 0.3 is 12.2 Å². The van der Waals surface area contributed by atoms with Gasteiger partial charge in [-0.3, -0.25) is 0 Å². The quantitative estimate of drug-likeness (QED) is 0.790. The Morgan fingerprint density at radius 3 is 2.59 bits per heavy atom. The number of urea groups is 1. The fourth-order valence-electron chi connectivity index (χ4n) is 1.69. The zero-order valence-electron chi connectivity index (χ0n) is 11.8. The van der Waals surface area contributed by atoms with Gasteiger partial charge in [-0.25, -0.2) is 9.18 Å². The van der Waals surface area contributed by atoms with Crippen molar-refractivity contribution >= 4 is 11.7 Å². The Morgan fingerprint density at radius 2 is 2.05 bits per heavy atom. The zero-order valence-corrected chi connectivity index (χ0v) is 11.8. The number of benzene rings is 1. The monoisotopic (exact) mass is 324 g/mol. The van der Waals surface area contributed by atoms with Crippen LogP contribution in [0.2, 0.25) is 0 Å². The molecule has 0 unspecified atom stereocenters. The van der Waals surface area contributed by atoms with Gasteiger partial charge in [-0.1, -0.05) is 0 Å². The Bertz CT molecular complexity index is 509. The first-order valence-corrected chi connectivity index (χ1v) is 6.32. The first-order valence-electron chi connectivity index (χ1n) is 6.32. The molecule has 1 rings (SSSR count). The molecule has 0 heterocycles. The maximum Gasteiger partial charge on any atom is 0.418 e. The van der Waals surface area contributed by atoms with Gasteiger partial charge in [0, 0.05) is 20.2 Å². The summed E-state index contributed by atoms with van der Waals surface area (Å²) in [6, 6.07) is 1.12. The van der Waals surface area contributed by atoms with E-state index in [4.69, 9.17) is 9.84 Å². The summed E-state index contributed by atoms with van der Waals surface area (Å²) in [5.74, 6) is -1.06. The Balaban J connectivity index is 2.95. The van der Waals surface area contributed by atoms with E-state index in [1.807, 2.05) is 0 Å². The molecule has 124 valence electrons. The number of ether oxygens (including phenoxy) is 1. The number of aliphatic hydroxyl groups excluding tert-OH is 1. The summed E-state index contributed by atoms with van der Waals surface area (Å²) in [4.78, 5) is 13.0. The number of halogens is 4. The molecule has 1 aromatic carbocycles. The molecular formula is C13H16F4N2O3. The molecule has 0 saturated heterocycles. The van der Waals surface area contributed by atoms with E-state index in [9.17, 15) is 22.4 Å². The van der Waals surface area contributed by atoms with E-state index >= 15 is 0 Å². The van der Waals surface area contributed by atoms with Gasteiger partial charge in [-0.05, 0) is 18.2 Å². The fraction of sp³-hybridized carbons (Fsp3) is 0.462. The van der Waals surface area contributed by atoms with Crippen molar-refractivity contribution in [1.82, 2.24) is 4.90 Å². The van der Waals surface area contributed by atoms with Crippen molar-refractivity contribution in [3.8, 4) is 0 Å². The molecule has 0 bridgehead atoms. The standard InChI is InChI=1S/C13H16F4N2O3/c1-22-7-5-19(4-6-20)12(21)18-11-3-2-9(14)8-10(11)13(15,16)17/h2-3,8,20H,4-7H2,1H3,(H,18,21). The number of carbonyl (C=O) groups is 1. The fourth-order valence-corrected chi connectivity index (χ4v) is 1.69. The largest absolute Gasteiger partial charge is 0.418 e. The van der Waals surface area contributed by atoms with E-state index in [2.05, 4.69) is 5.32 Å². The number of alkyl halides is 3. The number of hydrogen-bond donors (Lipinski definition) is 2. The molecule has 0 fully saturated rings. The highest BCUT2D eigenvalue weighted by molar-refractivity contribution is 5.90. The van der Waals surface area contributed by atoms with E-state index in [0.717, 1.165) is 17.0 Å². The number of methoxy groups -OCH3 is 1. The second-order valence-electron chi connectivity index (χ2n) is 4.32.